The normalized spacial score (nSPS) is 28.0. The topological polar surface area (TPSA) is 38.7 Å². The summed E-state index contributed by atoms with van der Waals surface area (Å²) in [5.74, 6) is 0. The van der Waals surface area contributed by atoms with E-state index in [-0.39, 0.29) is 12.1 Å². The van der Waals surface area contributed by atoms with Crippen LogP contribution in [0.2, 0.25) is 0 Å². The Morgan fingerprint density at radius 2 is 2.10 bits per heavy atom. The summed E-state index contributed by atoms with van der Waals surface area (Å²) in [4.78, 5) is 5.10. The maximum absolute atomic E-state index is 9.77. The minimum atomic E-state index is -0.130. The molecule has 1 aliphatic heterocycles. The number of hydrogen-bond acceptors (Lipinski definition) is 4. The molecule has 0 spiro atoms. The number of nitrogens with one attached hydrogen (secondary N) is 1. The summed E-state index contributed by atoms with van der Waals surface area (Å²) >= 11 is 0. The van der Waals surface area contributed by atoms with E-state index in [0.29, 0.717) is 12.1 Å². The molecule has 4 nitrogen and oxygen atoms in total. The average Bonchev–Trinajstić information content (AvgIpc) is 3.14. The van der Waals surface area contributed by atoms with Gasteiger partial charge in [-0.05, 0) is 66.1 Å². The molecule has 0 aromatic heterocycles. The summed E-state index contributed by atoms with van der Waals surface area (Å²) in [6.07, 6.45) is 6.23. The molecule has 2 aliphatic rings. The van der Waals surface area contributed by atoms with Crippen molar-refractivity contribution in [3.05, 3.63) is 0 Å². The average molecular weight is 297 g/mol. The van der Waals surface area contributed by atoms with Crippen molar-refractivity contribution in [1.29, 1.82) is 0 Å². The van der Waals surface area contributed by atoms with Gasteiger partial charge < -0.3 is 15.3 Å². The van der Waals surface area contributed by atoms with Crippen LogP contribution in [0, 0.1) is 0 Å². The maximum atomic E-state index is 9.77. The van der Waals surface area contributed by atoms with Crippen LogP contribution >= 0.6 is 0 Å². The molecule has 0 amide bonds. The van der Waals surface area contributed by atoms with E-state index in [0.717, 1.165) is 19.0 Å². The Bertz CT molecular complexity index is 321. The molecule has 0 aromatic rings. The highest BCUT2D eigenvalue weighted by Gasteiger charge is 2.34. The summed E-state index contributed by atoms with van der Waals surface area (Å²) in [6.45, 7) is 10.6. The van der Waals surface area contributed by atoms with Gasteiger partial charge in [0, 0.05) is 30.2 Å². The summed E-state index contributed by atoms with van der Waals surface area (Å²) in [7, 11) is 2.24. The van der Waals surface area contributed by atoms with Crippen LogP contribution in [0.4, 0.5) is 0 Å². The molecule has 2 rings (SSSR count). The molecule has 2 N–H and O–H groups in total. The number of nitrogens with zero attached hydrogens (tertiary/aromatic N) is 2. The molecule has 0 bridgehead atoms. The van der Waals surface area contributed by atoms with Crippen molar-refractivity contribution in [3.63, 3.8) is 0 Å². The predicted molar refractivity (Wildman–Crippen MR) is 88.6 cm³/mol. The third kappa shape index (κ3) is 4.92. The smallest absolute Gasteiger partial charge is 0.0611 e. The Morgan fingerprint density at radius 3 is 2.67 bits per heavy atom. The van der Waals surface area contributed by atoms with Crippen LogP contribution in [0.3, 0.4) is 0 Å². The van der Waals surface area contributed by atoms with Crippen molar-refractivity contribution in [1.82, 2.24) is 15.1 Å². The van der Waals surface area contributed by atoms with Gasteiger partial charge >= 0.3 is 0 Å². The lowest BCUT2D eigenvalue weighted by molar-refractivity contribution is 0.109. The van der Waals surface area contributed by atoms with E-state index in [2.05, 4.69) is 42.9 Å². The molecule has 2 fully saturated rings. The third-order valence-corrected chi connectivity index (χ3v) is 5.38. The van der Waals surface area contributed by atoms with Gasteiger partial charge in [-0.15, -0.1) is 0 Å². The largest absolute Gasteiger partial charge is 0.394 e. The first-order chi connectivity index (χ1) is 9.97. The van der Waals surface area contributed by atoms with Crippen molar-refractivity contribution < 1.29 is 5.11 Å². The molecule has 124 valence electrons. The van der Waals surface area contributed by atoms with Gasteiger partial charge in [-0.25, -0.2) is 0 Å². The van der Waals surface area contributed by atoms with Gasteiger partial charge in [-0.1, -0.05) is 6.92 Å². The molecule has 0 aromatic carbocycles. The highest BCUT2D eigenvalue weighted by molar-refractivity contribution is 4.94. The summed E-state index contributed by atoms with van der Waals surface area (Å²) in [5, 5.41) is 13.4. The lowest BCUT2D eigenvalue weighted by Gasteiger charge is -2.37. The molecule has 3 unspecified atom stereocenters. The van der Waals surface area contributed by atoms with Crippen LogP contribution in [0.25, 0.3) is 0 Å². The van der Waals surface area contributed by atoms with Gasteiger partial charge in [0.05, 0.1) is 6.61 Å². The minimum Gasteiger partial charge on any atom is -0.394 e. The first-order valence-electron chi connectivity index (χ1n) is 8.80. The Balaban J connectivity index is 1.81. The number of likely N-dealkylation sites (tertiary alicyclic amines) is 1. The van der Waals surface area contributed by atoms with E-state index in [1.165, 1.54) is 38.8 Å². The zero-order valence-electron chi connectivity index (χ0n) is 14.4. The second-order valence-electron chi connectivity index (χ2n) is 7.55. The molecule has 21 heavy (non-hydrogen) atoms. The molecular formula is C17H35N3O. The van der Waals surface area contributed by atoms with E-state index < -0.39 is 0 Å². The Morgan fingerprint density at radius 1 is 1.38 bits per heavy atom. The SMILES string of the molecule is CCN1CCCC1CN(C)C(C)CC(C)(CO)NC1CC1. The second-order valence-corrected chi connectivity index (χ2v) is 7.55. The maximum Gasteiger partial charge on any atom is 0.0611 e. The third-order valence-electron chi connectivity index (χ3n) is 5.38. The molecule has 1 heterocycles. The van der Waals surface area contributed by atoms with Crippen LogP contribution in [0.5, 0.6) is 0 Å². The monoisotopic (exact) mass is 297 g/mol. The van der Waals surface area contributed by atoms with Crippen molar-refractivity contribution in [2.45, 2.75) is 76.5 Å². The van der Waals surface area contributed by atoms with Crippen molar-refractivity contribution in [3.8, 4) is 0 Å². The molecule has 0 radical (unpaired) electrons. The number of aliphatic hydroxyl groups is 1. The van der Waals surface area contributed by atoms with Gasteiger partial charge in [-0.3, -0.25) is 4.90 Å². The van der Waals surface area contributed by atoms with Crippen LogP contribution < -0.4 is 5.32 Å². The highest BCUT2D eigenvalue weighted by atomic mass is 16.3. The van der Waals surface area contributed by atoms with Crippen molar-refractivity contribution >= 4 is 0 Å². The highest BCUT2D eigenvalue weighted by Crippen LogP contribution is 2.26. The van der Waals surface area contributed by atoms with Gasteiger partial charge in [0.15, 0.2) is 0 Å². The van der Waals surface area contributed by atoms with Crippen LogP contribution in [0.15, 0.2) is 0 Å². The van der Waals surface area contributed by atoms with Gasteiger partial charge in [0.1, 0.15) is 0 Å². The van der Waals surface area contributed by atoms with Crippen LogP contribution in [0.1, 0.15) is 52.9 Å². The molecule has 1 saturated heterocycles. The Hall–Kier alpha value is -0.160. The zero-order valence-corrected chi connectivity index (χ0v) is 14.4. The fourth-order valence-electron chi connectivity index (χ4n) is 3.73. The number of likely N-dealkylation sites (N-methyl/N-ethyl adjacent to an activating group) is 2. The molecule has 1 saturated carbocycles. The zero-order chi connectivity index (χ0) is 15.5. The van der Waals surface area contributed by atoms with Crippen molar-refractivity contribution in [2.24, 2.45) is 0 Å². The fourth-order valence-corrected chi connectivity index (χ4v) is 3.73. The summed E-state index contributed by atoms with van der Waals surface area (Å²) in [6, 6.07) is 1.86. The Labute approximate surface area is 130 Å². The lowest BCUT2D eigenvalue weighted by atomic mass is 9.93. The molecule has 4 heteroatoms. The van der Waals surface area contributed by atoms with E-state index in [4.69, 9.17) is 0 Å². The standard InChI is InChI=1S/C17H35N3O/c1-5-20-10-6-7-16(20)12-19(4)14(2)11-17(3,13-21)18-15-8-9-15/h14-16,18,21H,5-13H2,1-4H3. The number of hydrogen-bond donors (Lipinski definition) is 2. The van der Waals surface area contributed by atoms with Crippen molar-refractivity contribution in [2.75, 3.05) is 33.3 Å². The first kappa shape index (κ1) is 17.2. The van der Waals surface area contributed by atoms with E-state index in [9.17, 15) is 5.11 Å². The van der Waals surface area contributed by atoms with E-state index in [1.54, 1.807) is 0 Å². The lowest BCUT2D eigenvalue weighted by Crippen LogP contribution is -2.52. The van der Waals surface area contributed by atoms with E-state index >= 15 is 0 Å². The Kier molecular flexibility index (Phi) is 6.06. The van der Waals surface area contributed by atoms with Crippen LogP contribution in [-0.4, -0.2) is 71.9 Å². The predicted octanol–water partition coefficient (Wildman–Crippen LogP) is 1.68. The quantitative estimate of drug-likeness (QED) is 0.679. The van der Waals surface area contributed by atoms with Crippen LogP contribution in [-0.2, 0) is 0 Å². The van der Waals surface area contributed by atoms with Gasteiger partial charge in [0.2, 0.25) is 0 Å². The second kappa shape index (κ2) is 7.40. The number of rotatable bonds is 9. The summed E-state index contributed by atoms with van der Waals surface area (Å²) < 4.78 is 0. The molecular weight excluding hydrogens is 262 g/mol. The number of aliphatic hydroxyl groups excluding tert-OH is 1. The molecule has 3 atom stereocenters. The van der Waals surface area contributed by atoms with Gasteiger partial charge in [0.25, 0.3) is 0 Å². The first-order valence-corrected chi connectivity index (χ1v) is 8.80. The van der Waals surface area contributed by atoms with Gasteiger partial charge in [-0.2, -0.15) is 0 Å². The molecule has 1 aliphatic carbocycles. The fraction of sp³-hybridized carbons (Fsp3) is 1.00. The minimum absolute atomic E-state index is 0.130. The summed E-state index contributed by atoms with van der Waals surface area (Å²) in [5.41, 5.74) is -0.130. The van der Waals surface area contributed by atoms with E-state index in [1.807, 2.05) is 0 Å².